The molecule has 3 aliphatic rings. The minimum atomic E-state index is -0.0542. The Hall–Kier alpha value is -2.69. The summed E-state index contributed by atoms with van der Waals surface area (Å²) >= 11 is 3.50. The number of aromatic hydroxyl groups is 1. The Balaban J connectivity index is 1.63. The molecule has 0 saturated carbocycles. The molecule has 6 nitrogen and oxygen atoms in total. The standard InChI is InChI=1S/C27H28BrN5O/c1-26(2)8-7-18-20(11-26)31-24(33-10-9-27(15-33)13-30-14-27)19(12-29)21(18)23-17-6-4-3-5-16(17)22(28)25(34)32-23/h3-6,30H,7-11,13-15H2,1-2H3,(H,32,34). The second kappa shape index (κ2) is 7.66. The lowest BCUT2D eigenvalue weighted by atomic mass is 9.74. The molecule has 3 aromatic rings. The third-order valence-electron chi connectivity index (χ3n) is 7.98. The SMILES string of the molecule is CC1(C)CCc2c(nc(N3CCC4(CNC4)C3)c(C#N)c2-c2nc(O)c(Br)c3ccccc23)C1. The minimum absolute atomic E-state index is 0.0542. The van der Waals surface area contributed by atoms with Crippen LogP contribution < -0.4 is 10.2 Å². The number of nitriles is 1. The van der Waals surface area contributed by atoms with Crippen molar-refractivity contribution in [3.63, 3.8) is 0 Å². The first-order valence-corrected chi connectivity index (χ1v) is 12.8. The average Bonchev–Trinajstić information content (AvgIpc) is 3.26. The van der Waals surface area contributed by atoms with E-state index in [0.29, 0.717) is 21.1 Å². The van der Waals surface area contributed by atoms with Crippen LogP contribution in [0, 0.1) is 22.2 Å². The summed E-state index contributed by atoms with van der Waals surface area (Å²) in [6, 6.07) is 10.4. The maximum atomic E-state index is 10.7. The smallest absolute Gasteiger partial charge is 0.226 e. The maximum Gasteiger partial charge on any atom is 0.226 e. The molecule has 6 rings (SSSR count). The topological polar surface area (TPSA) is 85.1 Å². The molecule has 0 atom stereocenters. The maximum absolute atomic E-state index is 10.7. The molecule has 2 N–H and O–H groups in total. The summed E-state index contributed by atoms with van der Waals surface area (Å²) in [5, 5.41) is 26.5. The van der Waals surface area contributed by atoms with Crippen LogP contribution in [0.3, 0.4) is 0 Å². The van der Waals surface area contributed by atoms with Crippen molar-refractivity contribution in [2.75, 3.05) is 31.1 Å². The van der Waals surface area contributed by atoms with Crippen molar-refractivity contribution in [1.29, 1.82) is 5.26 Å². The molecule has 34 heavy (non-hydrogen) atoms. The molecule has 2 aliphatic heterocycles. The zero-order valence-electron chi connectivity index (χ0n) is 19.6. The third-order valence-corrected chi connectivity index (χ3v) is 8.76. The molecule has 1 aromatic carbocycles. The van der Waals surface area contributed by atoms with Crippen molar-refractivity contribution in [2.45, 2.75) is 39.5 Å². The lowest BCUT2D eigenvalue weighted by Crippen LogP contribution is -2.54. The van der Waals surface area contributed by atoms with Gasteiger partial charge in [0.2, 0.25) is 5.88 Å². The second-order valence-electron chi connectivity index (χ2n) is 11.0. The van der Waals surface area contributed by atoms with Crippen molar-refractivity contribution in [3.8, 4) is 23.2 Å². The Morgan fingerprint density at radius 3 is 2.59 bits per heavy atom. The highest BCUT2D eigenvalue weighted by molar-refractivity contribution is 9.10. The Labute approximate surface area is 208 Å². The predicted molar refractivity (Wildman–Crippen MR) is 137 cm³/mol. The number of pyridine rings is 2. The van der Waals surface area contributed by atoms with E-state index in [2.05, 4.69) is 51.0 Å². The highest BCUT2D eigenvalue weighted by atomic mass is 79.9. The van der Waals surface area contributed by atoms with Gasteiger partial charge in [-0.3, -0.25) is 0 Å². The van der Waals surface area contributed by atoms with Gasteiger partial charge in [0, 0.05) is 53.6 Å². The van der Waals surface area contributed by atoms with E-state index >= 15 is 0 Å². The number of fused-ring (bicyclic) bond motifs is 2. The minimum Gasteiger partial charge on any atom is -0.492 e. The Morgan fingerprint density at radius 1 is 1.15 bits per heavy atom. The largest absolute Gasteiger partial charge is 0.492 e. The van der Waals surface area contributed by atoms with Crippen molar-refractivity contribution in [2.24, 2.45) is 10.8 Å². The van der Waals surface area contributed by atoms with Crippen LogP contribution in [0.4, 0.5) is 5.82 Å². The Kier molecular flexibility index (Phi) is 4.91. The number of nitrogens with one attached hydrogen (secondary N) is 1. The normalized spacial score (nSPS) is 20.2. The van der Waals surface area contributed by atoms with E-state index in [-0.39, 0.29) is 11.3 Å². The van der Waals surface area contributed by atoms with E-state index in [1.165, 1.54) is 0 Å². The first-order chi connectivity index (χ1) is 16.3. The van der Waals surface area contributed by atoms with E-state index in [9.17, 15) is 10.4 Å². The lowest BCUT2D eigenvalue weighted by Gasteiger charge is -2.39. The first-order valence-electron chi connectivity index (χ1n) is 12.0. The van der Waals surface area contributed by atoms with Gasteiger partial charge in [-0.15, -0.1) is 0 Å². The quantitative estimate of drug-likeness (QED) is 0.500. The van der Waals surface area contributed by atoms with Crippen LogP contribution in [0.25, 0.3) is 22.0 Å². The van der Waals surface area contributed by atoms with Crippen LogP contribution in [0.15, 0.2) is 28.7 Å². The molecule has 1 spiro atoms. The fourth-order valence-corrected chi connectivity index (χ4v) is 6.40. The zero-order valence-corrected chi connectivity index (χ0v) is 21.2. The number of nitrogens with zero attached hydrogens (tertiary/aromatic N) is 4. The molecule has 4 heterocycles. The molecule has 0 radical (unpaired) electrons. The third kappa shape index (κ3) is 3.30. The fourth-order valence-electron chi connectivity index (χ4n) is 5.97. The summed E-state index contributed by atoms with van der Waals surface area (Å²) in [6.07, 6.45) is 3.86. The van der Waals surface area contributed by atoms with Crippen molar-refractivity contribution in [3.05, 3.63) is 45.6 Å². The van der Waals surface area contributed by atoms with E-state index < -0.39 is 0 Å². The second-order valence-corrected chi connectivity index (χ2v) is 11.8. The fraction of sp³-hybridized carbons (Fsp3) is 0.444. The van der Waals surface area contributed by atoms with E-state index in [1.807, 2.05) is 24.3 Å². The number of rotatable bonds is 2. The zero-order chi connectivity index (χ0) is 23.7. The molecule has 174 valence electrons. The molecule has 7 heteroatoms. The van der Waals surface area contributed by atoms with Crippen LogP contribution in [0.5, 0.6) is 5.88 Å². The van der Waals surface area contributed by atoms with Gasteiger partial charge in [-0.05, 0) is 52.6 Å². The number of hydrogen-bond acceptors (Lipinski definition) is 6. The van der Waals surface area contributed by atoms with E-state index in [0.717, 1.165) is 85.3 Å². The van der Waals surface area contributed by atoms with Crippen LogP contribution >= 0.6 is 15.9 Å². The van der Waals surface area contributed by atoms with Gasteiger partial charge in [0.15, 0.2) is 0 Å². The summed E-state index contributed by atoms with van der Waals surface area (Å²) in [4.78, 5) is 12.1. The highest BCUT2D eigenvalue weighted by Gasteiger charge is 2.44. The number of halogens is 1. The van der Waals surface area contributed by atoms with Gasteiger partial charge in [0.25, 0.3) is 0 Å². The number of aromatic nitrogens is 2. The van der Waals surface area contributed by atoms with Crippen LogP contribution in [-0.4, -0.2) is 41.3 Å². The predicted octanol–water partition coefficient (Wildman–Crippen LogP) is 4.95. The summed E-state index contributed by atoms with van der Waals surface area (Å²) in [5.41, 5.74) is 4.74. The van der Waals surface area contributed by atoms with E-state index in [4.69, 9.17) is 4.98 Å². The summed E-state index contributed by atoms with van der Waals surface area (Å²) in [5.74, 6) is 0.729. The molecule has 1 aliphatic carbocycles. The summed E-state index contributed by atoms with van der Waals surface area (Å²) < 4.78 is 0.577. The van der Waals surface area contributed by atoms with Gasteiger partial charge < -0.3 is 15.3 Å². The molecule has 2 saturated heterocycles. The summed E-state index contributed by atoms with van der Waals surface area (Å²) in [6.45, 7) is 8.47. The molecule has 0 bridgehead atoms. The van der Waals surface area contributed by atoms with Crippen LogP contribution in [0.2, 0.25) is 0 Å². The molecule has 2 aromatic heterocycles. The van der Waals surface area contributed by atoms with Gasteiger partial charge in [0.05, 0.1) is 10.2 Å². The van der Waals surface area contributed by atoms with Gasteiger partial charge in [-0.1, -0.05) is 38.1 Å². The van der Waals surface area contributed by atoms with Crippen molar-refractivity contribution in [1.82, 2.24) is 15.3 Å². The van der Waals surface area contributed by atoms with Gasteiger partial charge in [0.1, 0.15) is 17.5 Å². The first kappa shape index (κ1) is 21.8. The lowest BCUT2D eigenvalue weighted by molar-refractivity contribution is 0.199. The van der Waals surface area contributed by atoms with E-state index in [1.54, 1.807) is 0 Å². The van der Waals surface area contributed by atoms with Crippen LogP contribution in [0.1, 0.15) is 43.5 Å². The molecular formula is C27H28BrN5O. The van der Waals surface area contributed by atoms with Gasteiger partial charge >= 0.3 is 0 Å². The molecular weight excluding hydrogens is 490 g/mol. The molecule has 0 amide bonds. The Bertz CT molecular complexity index is 1370. The molecule has 0 unspecified atom stereocenters. The van der Waals surface area contributed by atoms with Gasteiger partial charge in [-0.2, -0.15) is 5.26 Å². The van der Waals surface area contributed by atoms with Crippen molar-refractivity contribution < 1.29 is 5.11 Å². The highest BCUT2D eigenvalue weighted by Crippen LogP contribution is 2.46. The number of hydrogen-bond donors (Lipinski definition) is 2. The van der Waals surface area contributed by atoms with Gasteiger partial charge in [-0.25, -0.2) is 9.97 Å². The summed E-state index contributed by atoms with van der Waals surface area (Å²) in [7, 11) is 0. The molecule has 2 fully saturated rings. The van der Waals surface area contributed by atoms with Crippen molar-refractivity contribution >= 4 is 32.5 Å². The Morgan fingerprint density at radius 2 is 1.91 bits per heavy atom. The number of anilines is 1. The monoisotopic (exact) mass is 517 g/mol. The number of benzene rings is 1. The van der Waals surface area contributed by atoms with Crippen LogP contribution in [-0.2, 0) is 12.8 Å². The average molecular weight is 518 g/mol.